The van der Waals surface area contributed by atoms with E-state index in [1.54, 1.807) is 24.3 Å². The molecule has 0 spiro atoms. The van der Waals surface area contributed by atoms with E-state index >= 15 is 0 Å². The van der Waals surface area contributed by atoms with Crippen LogP contribution in [0.1, 0.15) is 6.92 Å². The summed E-state index contributed by atoms with van der Waals surface area (Å²) in [5, 5.41) is 3.00. The summed E-state index contributed by atoms with van der Waals surface area (Å²) in [6.45, 7) is 1.08. The molecular formula is C16H13Cl2FN2O2. The molecule has 23 heavy (non-hydrogen) atoms. The largest absolute Gasteiger partial charge is 0.324 e. The summed E-state index contributed by atoms with van der Waals surface area (Å²) in [5.41, 5.74) is 0.855. The van der Waals surface area contributed by atoms with Gasteiger partial charge in [-0.15, -0.1) is 0 Å². The highest BCUT2D eigenvalue weighted by Crippen LogP contribution is 2.23. The first-order valence-electron chi connectivity index (χ1n) is 6.65. The highest BCUT2D eigenvalue weighted by Gasteiger charge is 2.17. The maximum Gasteiger partial charge on any atom is 0.244 e. The first-order chi connectivity index (χ1) is 10.9. The molecule has 120 valence electrons. The van der Waals surface area contributed by atoms with Gasteiger partial charge in [0.05, 0.1) is 5.02 Å². The topological polar surface area (TPSA) is 49.4 Å². The first kappa shape index (κ1) is 17.2. The van der Waals surface area contributed by atoms with E-state index in [1.807, 2.05) is 0 Å². The van der Waals surface area contributed by atoms with Crippen molar-refractivity contribution in [3.8, 4) is 0 Å². The second-order valence-electron chi connectivity index (χ2n) is 4.76. The molecule has 0 radical (unpaired) electrons. The summed E-state index contributed by atoms with van der Waals surface area (Å²) in [5.74, 6) is -1.38. The van der Waals surface area contributed by atoms with Crippen LogP contribution in [0.4, 0.5) is 15.8 Å². The van der Waals surface area contributed by atoms with Gasteiger partial charge in [0, 0.05) is 23.3 Å². The molecule has 0 aliphatic heterocycles. The summed E-state index contributed by atoms with van der Waals surface area (Å²) >= 11 is 11.6. The molecule has 7 heteroatoms. The number of halogens is 3. The summed E-state index contributed by atoms with van der Waals surface area (Å²) in [6.07, 6.45) is 0. The van der Waals surface area contributed by atoms with E-state index in [0.717, 1.165) is 6.07 Å². The lowest BCUT2D eigenvalue weighted by Crippen LogP contribution is -2.36. The number of amides is 2. The lowest BCUT2D eigenvalue weighted by atomic mass is 10.2. The quantitative estimate of drug-likeness (QED) is 0.897. The molecule has 0 aliphatic carbocycles. The SMILES string of the molecule is CC(=O)N(CC(=O)Nc1cccc(Cl)c1)c1ccc(F)c(Cl)c1. The average molecular weight is 355 g/mol. The fraction of sp³-hybridized carbons (Fsp3) is 0.125. The monoisotopic (exact) mass is 354 g/mol. The van der Waals surface area contributed by atoms with Crippen molar-refractivity contribution < 1.29 is 14.0 Å². The van der Waals surface area contributed by atoms with Crippen molar-refractivity contribution in [2.75, 3.05) is 16.8 Å². The minimum atomic E-state index is -0.595. The van der Waals surface area contributed by atoms with Crippen molar-refractivity contribution in [2.24, 2.45) is 0 Å². The number of carbonyl (C=O) groups excluding carboxylic acids is 2. The lowest BCUT2D eigenvalue weighted by Gasteiger charge is -2.21. The maximum absolute atomic E-state index is 13.2. The van der Waals surface area contributed by atoms with Crippen molar-refractivity contribution in [3.05, 3.63) is 58.3 Å². The van der Waals surface area contributed by atoms with E-state index < -0.39 is 11.7 Å². The molecule has 0 saturated carbocycles. The Balaban J connectivity index is 2.14. The minimum absolute atomic E-state index is 0.121. The van der Waals surface area contributed by atoms with Crippen LogP contribution in [0.25, 0.3) is 0 Å². The van der Waals surface area contributed by atoms with Gasteiger partial charge in [-0.2, -0.15) is 0 Å². The van der Waals surface area contributed by atoms with Crippen molar-refractivity contribution >= 4 is 46.4 Å². The Morgan fingerprint density at radius 3 is 2.52 bits per heavy atom. The molecule has 0 bridgehead atoms. The van der Waals surface area contributed by atoms with E-state index in [1.165, 1.54) is 24.0 Å². The van der Waals surface area contributed by atoms with E-state index in [0.29, 0.717) is 16.4 Å². The Bertz CT molecular complexity index is 753. The third kappa shape index (κ3) is 4.68. The molecule has 0 atom stereocenters. The van der Waals surface area contributed by atoms with Crippen LogP contribution < -0.4 is 10.2 Å². The summed E-state index contributed by atoms with van der Waals surface area (Å²) in [6, 6.07) is 10.5. The van der Waals surface area contributed by atoms with Gasteiger partial charge in [-0.3, -0.25) is 9.59 Å². The number of benzene rings is 2. The number of nitrogens with zero attached hydrogens (tertiary/aromatic N) is 1. The Morgan fingerprint density at radius 1 is 1.17 bits per heavy atom. The Labute approximate surface area is 142 Å². The number of anilines is 2. The minimum Gasteiger partial charge on any atom is -0.324 e. The zero-order valence-corrected chi connectivity index (χ0v) is 13.7. The summed E-state index contributed by atoms with van der Waals surface area (Å²) < 4.78 is 13.2. The molecule has 2 amide bonds. The fourth-order valence-corrected chi connectivity index (χ4v) is 2.31. The molecule has 4 nitrogen and oxygen atoms in total. The first-order valence-corrected chi connectivity index (χ1v) is 7.41. The molecule has 2 rings (SSSR count). The molecule has 0 saturated heterocycles. The second kappa shape index (κ2) is 7.44. The molecule has 0 fully saturated rings. The van der Waals surface area contributed by atoms with Crippen molar-refractivity contribution in [1.29, 1.82) is 0 Å². The van der Waals surface area contributed by atoms with Crippen LogP contribution in [0.2, 0.25) is 10.0 Å². The fourth-order valence-electron chi connectivity index (χ4n) is 1.95. The molecule has 0 unspecified atom stereocenters. The van der Waals surface area contributed by atoms with Gasteiger partial charge in [-0.1, -0.05) is 29.3 Å². The average Bonchev–Trinajstić information content (AvgIpc) is 2.47. The molecule has 2 aromatic rings. The Hall–Kier alpha value is -2.11. The normalized spacial score (nSPS) is 10.3. The van der Waals surface area contributed by atoms with Gasteiger partial charge >= 0.3 is 0 Å². The molecular weight excluding hydrogens is 342 g/mol. The number of nitrogens with one attached hydrogen (secondary N) is 1. The molecule has 0 heterocycles. The predicted molar refractivity (Wildman–Crippen MR) is 89.5 cm³/mol. The van der Waals surface area contributed by atoms with Crippen molar-refractivity contribution in [3.63, 3.8) is 0 Å². The van der Waals surface area contributed by atoms with Crippen LogP contribution >= 0.6 is 23.2 Å². The van der Waals surface area contributed by atoms with Gasteiger partial charge in [0.2, 0.25) is 11.8 Å². The van der Waals surface area contributed by atoms with Gasteiger partial charge in [-0.05, 0) is 36.4 Å². The van der Waals surface area contributed by atoms with Crippen LogP contribution in [-0.4, -0.2) is 18.4 Å². The molecule has 2 aromatic carbocycles. The zero-order valence-electron chi connectivity index (χ0n) is 12.1. The van der Waals surface area contributed by atoms with Crippen molar-refractivity contribution in [2.45, 2.75) is 6.92 Å². The lowest BCUT2D eigenvalue weighted by molar-refractivity contribution is -0.120. The molecule has 0 aromatic heterocycles. The third-order valence-electron chi connectivity index (χ3n) is 3.01. The van der Waals surface area contributed by atoms with Gasteiger partial charge in [-0.25, -0.2) is 4.39 Å². The van der Waals surface area contributed by atoms with Gasteiger partial charge in [0.25, 0.3) is 0 Å². The second-order valence-corrected chi connectivity index (χ2v) is 5.61. The standard InChI is InChI=1S/C16H13Cl2FN2O2/c1-10(22)21(13-5-6-15(19)14(18)8-13)9-16(23)20-12-4-2-3-11(17)7-12/h2-8H,9H2,1H3,(H,20,23). The van der Waals surface area contributed by atoms with Gasteiger partial charge in [0.15, 0.2) is 0 Å². The zero-order chi connectivity index (χ0) is 17.0. The van der Waals surface area contributed by atoms with Crippen LogP contribution in [0.15, 0.2) is 42.5 Å². The summed E-state index contributed by atoms with van der Waals surface area (Å²) in [7, 11) is 0. The molecule has 0 aliphatic rings. The predicted octanol–water partition coefficient (Wildman–Crippen LogP) is 4.12. The van der Waals surface area contributed by atoms with Gasteiger partial charge < -0.3 is 10.2 Å². The van der Waals surface area contributed by atoms with Crippen LogP contribution in [0.3, 0.4) is 0 Å². The number of hydrogen-bond acceptors (Lipinski definition) is 2. The Kier molecular flexibility index (Phi) is 5.58. The number of rotatable bonds is 4. The van der Waals surface area contributed by atoms with Crippen LogP contribution in [0.5, 0.6) is 0 Å². The highest BCUT2D eigenvalue weighted by atomic mass is 35.5. The van der Waals surface area contributed by atoms with Crippen LogP contribution in [0, 0.1) is 5.82 Å². The van der Waals surface area contributed by atoms with Crippen LogP contribution in [-0.2, 0) is 9.59 Å². The Morgan fingerprint density at radius 2 is 1.91 bits per heavy atom. The third-order valence-corrected chi connectivity index (χ3v) is 3.53. The maximum atomic E-state index is 13.2. The summed E-state index contributed by atoms with van der Waals surface area (Å²) in [4.78, 5) is 25.1. The van der Waals surface area contributed by atoms with E-state index in [4.69, 9.17) is 23.2 Å². The van der Waals surface area contributed by atoms with E-state index in [2.05, 4.69) is 5.32 Å². The van der Waals surface area contributed by atoms with E-state index in [-0.39, 0.29) is 17.5 Å². The van der Waals surface area contributed by atoms with E-state index in [9.17, 15) is 14.0 Å². The van der Waals surface area contributed by atoms with Crippen molar-refractivity contribution in [1.82, 2.24) is 0 Å². The highest BCUT2D eigenvalue weighted by molar-refractivity contribution is 6.31. The smallest absolute Gasteiger partial charge is 0.244 e. The number of hydrogen-bond donors (Lipinski definition) is 1. The van der Waals surface area contributed by atoms with Gasteiger partial charge in [0.1, 0.15) is 12.4 Å². The number of carbonyl (C=O) groups is 2. The molecule has 1 N–H and O–H groups in total.